The van der Waals surface area contributed by atoms with Crippen LogP contribution in [0.2, 0.25) is 0 Å². The van der Waals surface area contributed by atoms with E-state index in [-0.39, 0.29) is 0 Å². The SMILES string of the molecule is Cc1cc(C=Nc2cccc(Br)c2)c(C)n1-c1ccc(N(C)C)cc1. The summed E-state index contributed by atoms with van der Waals surface area (Å²) in [5.74, 6) is 0. The number of nitrogens with zero attached hydrogens (tertiary/aromatic N) is 3. The molecule has 0 spiro atoms. The van der Waals surface area contributed by atoms with Crippen LogP contribution in [-0.2, 0) is 0 Å². The summed E-state index contributed by atoms with van der Waals surface area (Å²) in [6.45, 7) is 4.26. The van der Waals surface area contributed by atoms with Gasteiger partial charge in [0.2, 0.25) is 0 Å². The maximum Gasteiger partial charge on any atom is 0.0641 e. The average molecular weight is 396 g/mol. The molecule has 0 aliphatic carbocycles. The highest BCUT2D eigenvalue weighted by molar-refractivity contribution is 9.10. The van der Waals surface area contributed by atoms with Crippen molar-refractivity contribution in [3.8, 4) is 5.69 Å². The summed E-state index contributed by atoms with van der Waals surface area (Å²) in [7, 11) is 4.11. The van der Waals surface area contributed by atoms with Gasteiger partial charge in [-0.05, 0) is 62.4 Å². The number of benzene rings is 2. The number of aromatic nitrogens is 1. The van der Waals surface area contributed by atoms with E-state index in [1.165, 1.54) is 22.8 Å². The van der Waals surface area contributed by atoms with Crippen molar-refractivity contribution in [1.29, 1.82) is 0 Å². The highest BCUT2D eigenvalue weighted by Crippen LogP contribution is 2.23. The average Bonchev–Trinajstić information content (AvgIpc) is 2.87. The van der Waals surface area contributed by atoms with Gasteiger partial charge in [-0.1, -0.05) is 22.0 Å². The number of aliphatic imine (C=N–C) groups is 1. The van der Waals surface area contributed by atoms with Crippen LogP contribution in [0.1, 0.15) is 17.0 Å². The van der Waals surface area contributed by atoms with Gasteiger partial charge in [-0.3, -0.25) is 4.99 Å². The molecule has 0 bridgehead atoms. The minimum atomic E-state index is 0.939. The Morgan fingerprint density at radius 1 is 1.00 bits per heavy atom. The third kappa shape index (κ3) is 3.85. The van der Waals surface area contributed by atoms with Crippen molar-refractivity contribution in [1.82, 2.24) is 4.57 Å². The zero-order valence-electron chi connectivity index (χ0n) is 15.0. The van der Waals surface area contributed by atoms with Gasteiger partial charge in [0.05, 0.1) is 5.69 Å². The Balaban J connectivity index is 1.93. The highest BCUT2D eigenvalue weighted by Gasteiger charge is 2.09. The molecule has 3 aromatic rings. The van der Waals surface area contributed by atoms with E-state index in [2.05, 4.69) is 88.7 Å². The van der Waals surface area contributed by atoms with Gasteiger partial charge >= 0.3 is 0 Å². The molecule has 0 saturated heterocycles. The summed E-state index contributed by atoms with van der Waals surface area (Å²) in [5, 5.41) is 0. The summed E-state index contributed by atoms with van der Waals surface area (Å²) < 4.78 is 3.30. The number of rotatable bonds is 4. The second-order valence-electron chi connectivity index (χ2n) is 6.31. The van der Waals surface area contributed by atoms with Crippen molar-refractivity contribution in [2.45, 2.75) is 13.8 Å². The minimum absolute atomic E-state index is 0.939. The molecule has 0 radical (unpaired) electrons. The lowest BCUT2D eigenvalue weighted by atomic mass is 10.2. The van der Waals surface area contributed by atoms with E-state index in [9.17, 15) is 0 Å². The first-order valence-corrected chi connectivity index (χ1v) is 9.01. The Labute approximate surface area is 157 Å². The lowest BCUT2D eigenvalue weighted by Crippen LogP contribution is -2.08. The molecule has 1 aromatic heterocycles. The minimum Gasteiger partial charge on any atom is -0.378 e. The Morgan fingerprint density at radius 2 is 1.72 bits per heavy atom. The first kappa shape index (κ1) is 17.5. The van der Waals surface area contributed by atoms with Gasteiger partial charge in [0.1, 0.15) is 0 Å². The van der Waals surface area contributed by atoms with E-state index in [0.717, 1.165) is 15.7 Å². The zero-order chi connectivity index (χ0) is 18.0. The molecule has 0 aliphatic rings. The van der Waals surface area contributed by atoms with Crippen molar-refractivity contribution in [3.63, 3.8) is 0 Å². The number of anilines is 1. The summed E-state index contributed by atoms with van der Waals surface area (Å²) in [6, 6.07) is 18.8. The van der Waals surface area contributed by atoms with Crippen molar-refractivity contribution >= 4 is 33.5 Å². The van der Waals surface area contributed by atoms with E-state index in [1.807, 2.05) is 30.5 Å². The molecule has 3 nitrogen and oxygen atoms in total. The van der Waals surface area contributed by atoms with E-state index in [1.54, 1.807) is 0 Å². The highest BCUT2D eigenvalue weighted by atomic mass is 79.9. The number of hydrogen-bond acceptors (Lipinski definition) is 2. The van der Waals surface area contributed by atoms with Crippen LogP contribution in [-0.4, -0.2) is 24.9 Å². The van der Waals surface area contributed by atoms with E-state index >= 15 is 0 Å². The fourth-order valence-electron chi connectivity index (χ4n) is 2.92. The van der Waals surface area contributed by atoms with Crippen LogP contribution < -0.4 is 4.90 Å². The Morgan fingerprint density at radius 3 is 2.36 bits per heavy atom. The Kier molecular flexibility index (Phi) is 5.09. The van der Waals surface area contributed by atoms with E-state index < -0.39 is 0 Å². The molecule has 0 aliphatic heterocycles. The number of halogens is 1. The molecule has 4 heteroatoms. The molecule has 0 unspecified atom stereocenters. The van der Waals surface area contributed by atoms with Gasteiger partial charge in [-0.25, -0.2) is 0 Å². The predicted molar refractivity (Wildman–Crippen MR) is 111 cm³/mol. The number of hydrogen-bond donors (Lipinski definition) is 0. The molecule has 0 saturated carbocycles. The lowest BCUT2D eigenvalue weighted by Gasteiger charge is -2.14. The van der Waals surface area contributed by atoms with Gasteiger partial charge in [0.15, 0.2) is 0 Å². The number of aryl methyl sites for hydroxylation is 1. The molecule has 0 fully saturated rings. The largest absolute Gasteiger partial charge is 0.378 e. The van der Waals surface area contributed by atoms with Crippen LogP contribution >= 0.6 is 15.9 Å². The fourth-order valence-corrected chi connectivity index (χ4v) is 3.30. The third-order valence-corrected chi connectivity index (χ3v) is 4.75. The molecule has 2 aromatic carbocycles. The van der Waals surface area contributed by atoms with E-state index in [0.29, 0.717) is 0 Å². The maximum atomic E-state index is 4.61. The van der Waals surface area contributed by atoms with Gasteiger partial charge in [0.25, 0.3) is 0 Å². The quantitative estimate of drug-likeness (QED) is 0.520. The zero-order valence-corrected chi connectivity index (χ0v) is 16.6. The van der Waals surface area contributed by atoms with Gasteiger partial charge in [-0.2, -0.15) is 0 Å². The molecule has 3 rings (SSSR count). The first-order chi connectivity index (χ1) is 12.0. The summed E-state index contributed by atoms with van der Waals surface area (Å²) in [4.78, 5) is 6.71. The molecule has 0 atom stereocenters. The van der Waals surface area contributed by atoms with Crippen LogP contribution in [0.3, 0.4) is 0 Å². The Bertz CT molecular complexity index is 905. The fraction of sp³-hybridized carbons (Fsp3) is 0.190. The van der Waals surface area contributed by atoms with Crippen LogP contribution in [0, 0.1) is 13.8 Å². The third-order valence-electron chi connectivity index (χ3n) is 4.26. The predicted octanol–water partition coefficient (Wildman–Crippen LogP) is 5.67. The van der Waals surface area contributed by atoms with Crippen molar-refractivity contribution in [2.24, 2.45) is 4.99 Å². The molecule has 0 amide bonds. The molecular weight excluding hydrogens is 374 g/mol. The van der Waals surface area contributed by atoms with Crippen LogP contribution in [0.25, 0.3) is 5.69 Å². The molecule has 0 N–H and O–H groups in total. The monoisotopic (exact) mass is 395 g/mol. The molecule has 128 valence electrons. The Hall–Kier alpha value is -2.33. The van der Waals surface area contributed by atoms with Crippen molar-refractivity contribution < 1.29 is 0 Å². The summed E-state index contributed by atoms with van der Waals surface area (Å²) in [5.41, 5.74) is 6.83. The van der Waals surface area contributed by atoms with Crippen LogP contribution in [0.5, 0.6) is 0 Å². The van der Waals surface area contributed by atoms with Gasteiger partial charge in [-0.15, -0.1) is 0 Å². The standard InChI is InChI=1S/C21H22BrN3/c1-15-12-17(14-23-19-7-5-6-18(22)13-19)16(2)25(15)21-10-8-20(9-11-21)24(3)4/h5-14H,1-4H3. The second kappa shape index (κ2) is 7.28. The lowest BCUT2D eigenvalue weighted by molar-refractivity contribution is 0.963. The first-order valence-electron chi connectivity index (χ1n) is 8.22. The molecular formula is C21H22BrN3. The summed E-state index contributed by atoms with van der Waals surface area (Å²) >= 11 is 3.48. The topological polar surface area (TPSA) is 20.5 Å². The molecule has 25 heavy (non-hydrogen) atoms. The van der Waals surface area contributed by atoms with Crippen molar-refractivity contribution in [3.05, 3.63) is 76.0 Å². The second-order valence-corrected chi connectivity index (χ2v) is 7.23. The smallest absolute Gasteiger partial charge is 0.0641 e. The molecule has 1 heterocycles. The van der Waals surface area contributed by atoms with Crippen molar-refractivity contribution in [2.75, 3.05) is 19.0 Å². The van der Waals surface area contributed by atoms with Crippen LogP contribution in [0.4, 0.5) is 11.4 Å². The normalized spacial score (nSPS) is 11.2. The van der Waals surface area contributed by atoms with Gasteiger partial charge < -0.3 is 9.47 Å². The van der Waals surface area contributed by atoms with Gasteiger partial charge in [0, 0.05) is 53.1 Å². The van der Waals surface area contributed by atoms with Crippen LogP contribution in [0.15, 0.2) is 64.1 Å². The maximum absolute atomic E-state index is 4.61. The summed E-state index contributed by atoms with van der Waals surface area (Å²) in [6.07, 6.45) is 1.94. The van der Waals surface area contributed by atoms with E-state index in [4.69, 9.17) is 0 Å².